The summed E-state index contributed by atoms with van der Waals surface area (Å²) in [6.07, 6.45) is 5.11. The van der Waals surface area contributed by atoms with E-state index in [1.165, 1.54) is 0 Å². The molecule has 0 aliphatic heterocycles. The highest BCUT2D eigenvalue weighted by Crippen LogP contribution is 2.12. The minimum absolute atomic E-state index is 0.354. The third kappa shape index (κ3) is 1.45. The number of hydrogen-bond donors (Lipinski definition) is 0. The molecule has 0 aromatic carbocycles. The van der Waals surface area contributed by atoms with Gasteiger partial charge in [0.25, 0.3) is 0 Å². The molecular weight excluding hydrogens is 190 g/mol. The van der Waals surface area contributed by atoms with Crippen LogP contribution in [0.5, 0.6) is 0 Å². The molecule has 4 nitrogen and oxygen atoms in total. The molecule has 0 saturated carbocycles. The Hall–Kier alpha value is -1.29. The summed E-state index contributed by atoms with van der Waals surface area (Å²) in [5.41, 5.74) is 0. The van der Waals surface area contributed by atoms with Gasteiger partial charge in [0.1, 0.15) is 5.82 Å². The van der Waals surface area contributed by atoms with Gasteiger partial charge in [-0.2, -0.15) is 0 Å². The number of oxazole rings is 1. The molecule has 13 heavy (non-hydrogen) atoms. The molecule has 5 heteroatoms. The highest BCUT2D eigenvalue weighted by Gasteiger charge is 2.06. The van der Waals surface area contributed by atoms with Gasteiger partial charge in [-0.3, -0.25) is 4.57 Å². The summed E-state index contributed by atoms with van der Waals surface area (Å²) in [4.78, 5) is 8.05. The Morgan fingerprint density at radius 1 is 1.54 bits per heavy atom. The SMILES string of the molecule is Cc1ncc(-n2ccnc2CCl)o1. The molecule has 0 bridgehead atoms. The topological polar surface area (TPSA) is 43.9 Å². The molecule has 0 N–H and O–H groups in total. The van der Waals surface area contributed by atoms with E-state index in [-0.39, 0.29) is 0 Å². The molecule has 0 radical (unpaired) electrons. The van der Waals surface area contributed by atoms with Gasteiger partial charge in [0, 0.05) is 19.3 Å². The predicted molar refractivity (Wildman–Crippen MR) is 47.9 cm³/mol. The normalized spacial score (nSPS) is 10.6. The summed E-state index contributed by atoms with van der Waals surface area (Å²) < 4.78 is 7.09. The second-order valence-corrected chi connectivity index (χ2v) is 2.83. The van der Waals surface area contributed by atoms with Crippen molar-refractivity contribution in [1.29, 1.82) is 0 Å². The molecular formula is C8H8ClN3O. The van der Waals surface area contributed by atoms with E-state index in [0.717, 1.165) is 5.82 Å². The maximum atomic E-state index is 5.68. The average Bonchev–Trinajstić information content (AvgIpc) is 2.71. The minimum atomic E-state index is 0.354. The molecule has 68 valence electrons. The highest BCUT2D eigenvalue weighted by atomic mass is 35.5. The molecule has 0 amide bonds. The van der Waals surface area contributed by atoms with Crippen LogP contribution in [0.3, 0.4) is 0 Å². The first-order valence-corrected chi connectivity index (χ1v) is 4.35. The Kier molecular flexibility index (Phi) is 2.06. The van der Waals surface area contributed by atoms with Crippen molar-refractivity contribution in [1.82, 2.24) is 14.5 Å². The number of rotatable bonds is 2. The molecule has 2 heterocycles. The third-order valence-electron chi connectivity index (χ3n) is 1.68. The number of aryl methyl sites for hydroxylation is 1. The molecule has 2 rings (SSSR count). The second kappa shape index (κ2) is 3.22. The van der Waals surface area contributed by atoms with Crippen LogP contribution in [0.15, 0.2) is 23.0 Å². The summed E-state index contributed by atoms with van der Waals surface area (Å²) >= 11 is 5.68. The lowest BCUT2D eigenvalue weighted by atomic mass is 10.6. The zero-order valence-corrected chi connectivity index (χ0v) is 7.82. The van der Waals surface area contributed by atoms with Gasteiger partial charge in [0.05, 0.1) is 12.1 Å². The Morgan fingerprint density at radius 2 is 2.38 bits per heavy atom. The Bertz CT molecular complexity index is 407. The number of aromatic nitrogens is 3. The Labute approximate surface area is 80.2 Å². The van der Waals surface area contributed by atoms with Crippen LogP contribution >= 0.6 is 11.6 Å². The van der Waals surface area contributed by atoms with Crippen molar-refractivity contribution in [2.75, 3.05) is 0 Å². The molecule has 0 fully saturated rings. The van der Waals surface area contributed by atoms with Crippen LogP contribution in [-0.2, 0) is 5.88 Å². The Morgan fingerprint density at radius 3 is 3.00 bits per heavy atom. The lowest BCUT2D eigenvalue weighted by Crippen LogP contribution is -1.95. The molecule has 0 unspecified atom stereocenters. The van der Waals surface area contributed by atoms with Crippen LogP contribution in [-0.4, -0.2) is 14.5 Å². The average molecular weight is 198 g/mol. The first-order valence-electron chi connectivity index (χ1n) is 3.82. The monoisotopic (exact) mass is 197 g/mol. The van der Waals surface area contributed by atoms with Crippen LogP contribution in [0.2, 0.25) is 0 Å². The zero-order chi connectivity index (χ0) is 9.26. The third-order valence-corrected chi connectivity index (χ3v) is 1.92. The van der Waals surface area contributed by atoms with Gasteiger partial charge < -0.3 is 4.42 Å². The fraction of sp³-hybridized carbons (Fsp3) is 0.250. The fourth-order valence-corrected chi connectivity index (χ4v) is 1.29. The van der Waals surface area contributed by atoms with Gasteiger partial charge in [-0.1, -0.05) is 0 Å². The van der Waals surface area contributed by atoms with E-state index in [2.05, 4.69) is 9.97 Å². The van der Waals surface area contributed by atoms with Gasteiger partial charge >= 0.3 is 0 Å². The summed E-state index contributed by atoms with van der Waals surface area (Å²) in [7, 11) is 0. The highest BCUT2D eigenvalue weighted by molar-refractivity contribution is 6.16. The van der Waals surface area contributed by atoms with Crippen molar-refractivity contribution in [3.63, 3.8) is 0 Å². The smallest absolute Gasteiger partial charge is 0.225 e. The van der Waals surface area contributed by atoms with E-state index in [0.29, 0.717) is 17.7 Å². The van der Waals surface area contributed by atoms with Gasteiger partial charge in [-0.25, -0.2) is 9.97 Å². The maximum Gasteiger partial charge on any atom is 0.225 e. The van der Waals surface area contributed by atoms with Crippen LogP contribution in [0.25, 0.3) is 5.88 Å². The number of halogens is 1. The number of nitrogens with zero attached hydrogens (tertiary/aromatic N) is 3. The van der Waals surface area contributed by atoms with E-state index in [1.807, 2.05) is 0 Å². The van der Waals surface area contributed by atoms with Crippen LogP contribution in [0.1, 0.15) is 11.7 Å². The molecule has 0 spiro atoms. The van der Waals surface area contributed by atoms with E-state index < -0.39 is 0 Å². The number of imidazole rings is 1. The van der Waals surface area contributed by atoms with Gasteiger partial charge in [0.2, 0.25) is 5.88 Å². The standard InChI is InChI=1S/C8H8ClN3O/c1-6-11-5-8(13-6)12-3-2-10-7(12)4-9/h2-3,5H,4H2,1H3. The van der Waals surface area contributed by atoms with E-state index in [4.69, 9.17) is 16.0 Å². The first-order chi connectivity index (χ1) is 6.31. The van der Waals surface area contributed by atoms with Crippen molar-refractivity contribution in [3.05, 3.63) is 30.3 Å². The molecule has 0 atom stereocenters. The van der Waals surface area contributed by atoms with E-state index in [9.17, 15) is 0 Å². The van der Waals surface area contributed by atoms with Crippen LogP contribution in [0, 0.1) is 6.92 Å². The van der Waals surface area contributed by atoms with Crippen molar-refractivity contribution in [2.24, 2.45) is 0 Å². The molecule has 0 aliphatic rings. The van der Waals surface area contributed by atoms with Crippen molar-refractivity contribution in [3.8, 4) is 5.88 Å². The van der Waals surface area contributed by atoms with Crippen LogP contribution < -0.4 is 0 Å². The fourth-order valence-electron chi connectivity index (χ4n) is 1.10. The maximum absolute atomic E-state index is 5.68. The number of alkyl halides is 1. The quantitative estimate of drug-likeness (QED) is 0.691. The summed E-state index contributed by atoms with van der Waals surface area (Å²) in [5, 5.41) is 0. The van der Waals surface area contributed by atoms with Crippen molar-refractivity contribution < 1.29 is 4.42 Å². The van der Waals surface area contributed by atoms with Crippen molar-refractivity contribution >= 4 is 11.6 Å². The van der Waals surface area contributed by atoms with Crippen LogP contribution in [0.4, 0.5) is 0 Å². The first kappa shape index (κ1) is 8.31. The minimum Gasteiger partial charge on any atom is -0.425 e. The predicted octanol–water partition coefficient (Wildman–Crippen LogP) is 1.91. The van der Waals surface area contributed by atoms with Gasteiger partial charge in [0.15, 0.2) is 5.89 Å². The van der Waals surface area contributed by atoms with E-state index >= 15 is 0 Å². The Balaban J connectivity index is 2.45. The number of hydrogen-bond acceptors (Lipinski definition) is 3. The van der Waals surface area contributed by atoms with Crippen molar-refractivity contribution in [2.45, 2.75) is 12.8 Å². The lowest BCUT2D eigenvalue weighted by Gasteiger charge is -1.98. The summed E-state index contributed by atoms with van der Waals surface area (Å²) in [5.74, 6) is 2.37. The van der Waals surface area contributed by atoms with E-state index in [1.54, 1.807) is 30.1 Å². The molecule has 2 aromatic heterocycles. The lowest BCUT2D eigenvalue weighted by molar-refractivity contribution is 0.497. The summed E-state index contributed by atoms with van der Waals surface area (Å²) in [6.45, 7) is 1.79. The molecule has 0 aliphatic carbocycles. The molecule has 2 aromatic rings. The van der Waals surface area contributed by atoms with Gasteiger partial charge in [-0.05, 0) is 0 Å². The van der Waals surface area contributed by atoms with Gasteiger partial charge in [-0.15, -0.1) is 11.6 Å². The zero-order valence-electron chi connectivity index (χ0n) is 7.07. The molecule has 0 saturated heterocycles. The summed E-state index contributed by atoms with van der Waals surface area (Å²) in [6, 6.07) is 0. The largest absolute Gasteiger partial charge is 0.425 e. The second-order valence-electron chi connectivity index (χ2n) is 2.56.